The molecule has 0 radical (unpaired) electrons. The Labute approximate surface area is 123 Å². The standard InChI is InChI=1S/C14H28O5Si/c1-14(2,3)20(6,7)19-12(13(16-4)17-5)10-8-9-11(15)18-10/h10,12-13H,8-9H2,1-7H3/t10-,12+/m1/s1. The molecule has 1 fully saturated rings. The van der Waals surface area contributed by atoms with Crippen LogP contribution in [0.4, 0.5) is 0 Å². The summed E-state index contributed by atoms with van der Waals surface area (Å²) < 4.78 is 22.5. The van der Waals surface area contributed by atoms with Crippen LogP contribution in [0.5, 0.6) is 0 Å². The molecule has 0 aromatic carbocycles. The van der Waals surface area contributed by atoms with E-state index in [0.717, 1.165) is 0 Å². The third-order valence-corrected chi connectivity index (χ3v) is 8.73. The maximum absolute atomic E-state index is 11.4. The highest BCUT2D eigenvalue weighted by Crippen LogP contribution is 2.39. The fourth-order valence-corrected chi connectivity index (χ4v) is 3.26. The maximum Gasteiger partial charge on any atom is 0.306 e. The van der Waals surface area contributed by atoms with E-state index in [4.69, 9.17) is 18.6 Å². The van der Waals surface area contributed by atoms with E-state index in [-0.39, 0.29) is 23.2 Å². The van der Waals surface area contributed by atoms with Gasteiger partial charge >= 0.3 is 5.97 Å². The monoisotopic (exact) mass is 304 g/mol. The first-order chi connectivity index (χ1) is 9.12. The van der Waals surface area contributed by atoms with Gasteiger partial charge in [-0.1, -0.05) is 20.8 Å². The Hall–Kier alpha value is -0.433. The fraction of sp³-hybridized carbons (Fsp3) is 0.929. The Morgan fingerprint density at radius 3 is 2.15 bits per heavy atom. The smallest absolute Gasteiger partial charge is 0.306 e. The third kappa shape index (κ3) is 4.04. The average molecular weight is 304 g/mol. The number of cyclic esters (lactones) is 1. The highest BCUT2D eigenvalue weighted by Gasteiger charge is 2.45. The number of hydrogen-bond donors (Lipinski definition) is 0. The molecule has 0 amide bonds. The molecule has 0 spiro atoms. The van der Waals surface area contributed by atoms with Gasteiger partial charge < -0.3 is 18.6 Å². The van der Waals surface area contributed by atoms with Crippen molar-refractivity contribution in [2.45, 2.75) is 70.2 Å². The van der Waals surface area contributed by atoms with E-state index in [1.54, 1.807) is 14.2 Å². The zero-order chi connectivity index (χ0) is 15.6. The van der Waals surface area contributed by atoms with Crippen LogP contribution in [0.3, 0.4) is 0 Å². The van der Waals surface area contributed by atoms with Crippen molar-refractivity contribution in [1.82, 2.24) is 0 Å². The van der Waals surface area contributed by atoms with Gasteiger partial charge in [0, 0.05) is 20.6 Å². The van der Waals surface area contributed by atoms with Gasteiger partial charge in [-0.3, -0.25) is 4.79 Å². The Balaban J connectivity index is 2.91. The van der Waals surface area contributed by atoms with Gasteiger partial charge in [-0.25, -0.2) is 0 Å². The largest absolute Gasteiger partial charge is 0.459 e. The Bertz CT molecular complexity index is 333. The van der Waals surface area contributed by atoms with Crippen LogP contribution >= 0.6 is 0 Å². The lowest BCUT2D eigenvalue weighted by atomic mass is 10.1. The molecule has 1 rings (SSSR count). The van der Waals surface area contributed by atoms with Crippen LogP contribution in [0, 0.1) is 0 Å². The second-order valence-electron chi connectivity index (χ2n) is 6.75. The molecule has 0 unspecified atom stereocenters. The van der Waals surface area contributed by atoms with Crippen molar-refractivity contribution in [3.8, 4) is 0 Å². The van der Waals surface area contributed by atoms with Crippen molar-refractivity contribution in [3.63, 3.8) is 0 Å². The predicted octanol–water partition coefficient (Wildman–Crippen LogP) is 2.70. The van der Waals surface area contributed by atoms with Crippen molar-refractivity contribution in [2.75, 3.05) is 14.2 Å². The van der Waals surface area contributed by atoms with Gasteiger partial charge in [-0.05, 0) is 24.6 Å². The van der Waals surface area contributed by atoms with Crippen molar-refractivity contribution in [1.29, 1.82) is 0 Å². The maximum atomic E-state index is 11.4. The Morgan fingerprint density at radius 2 is 1.80 bits per heavy atom. The quantitative estimate of drug-likeness (QED) is 0.429. The number of ether oxygens (including phenoxy) is 3. The summed E-state index contributed by atoms with van der Waals surface area (Å²) in [6.45, 7) is 10.8. The van der Waals surface area contributed by atoms with E-state index in [2.05, 4.69) is 33.9 Å². The number of carbonyl (C=O) groups is 1. The average Bonchev–Trinajstić information content (AvgIpc) is 2.74. The minimum absolute atomic E-state index is 0.0693. The summed E-state index contributed by atoms with van der Waals surface area (Å²) in [6, 6.07) is 0. The SMILES string of the molecule is COC(OC)[C@@H](O[Si](C)(C)C(C)(C)C)[C@H]1CCC(=O)O1. The van der Waals surface area contributed by atoms with Gasteiger partial charge in [-0.2, -0.15) is 0 Å². The molecule has 0 saturated carbocycles. The van der Waals surface area contributed by atoms with Gasteiger partial charge in [-0.15, -0.1) is 0 Å². The third-order valence-electron chi connectivity index (χ3n) is 4.25. The summed E-state index contributed by atoms with van der Waals surface area (Å²) in [5.74, 6) is -0.176. The van der Waals surface area contributed by atoms with Crippen LogP contribution in [0.25, 0.3) is 0 Å². The van der Waals surface area contributed by atoms with Crippen LogP contribution in [0.2, 0.25) is 18.1 Å². The van der Waals surface area contributed by atoms with Crippen LogP contribution < -0.4 is 0 Å². The number of rotatable bonds is 6. The lowest BCUT2D eigenvalue weighted by Gasteiger charge is -2.41. The normalized spacial score (nSPS) is 22.2. The topological polar surface area (TPSA) is 54.0 Å². The first kappa shape index (κ1) is 17.6. The van der Waals surface area contributed by atoms with E-state index >= 15 is 0 Å². The zero-order valence-corrected chi connectivity index (χ0v) is 14.7. The summed E-state index contributed by atoms with van der Waals surface area (Å²) in [5, 5.41) is 0.0693. The molecule has 1 aliphatic rings. The number of methoxy groups -OCH3 is 2. The van der Waals surface area contributed by atoms with Gasteiger partial charge in [0.1, 0.15) is 12.2 Å². The molecular weight excluding hydrogens is 276 g/mol. The fourth-order valence-electron chi connectivity index (χ4n) is 1.97. The molecule has 0 aromatic heterocycles. The molecule has 1 aliphatic heterocycles. The molecule has 118 valence electrons. The van der Waals surface area contributed by atoms with Gasteiger partial charge in [0.05, 0.1) is 0 Å². The summed E-state index contributed by atoms with van der Waals surface area (Å²) in [5.41, 5.74) is 0. The van der Waals surface area contributed by atoms with E-state index in [1.807, 2.05) is 0 Å². The zero-order valence-electron chi connectivity index (χ0n) is 13.7. The summed E-state index contributed by atoms with van der Waals surface area (Å²) >= 11 is 0. The van der Waals surface area contributed by atoms with Crippen LogP contribution in [0.15, 0.2) is 0 Å². The predicted molar refractivity (Wildman–Crippen MR) is 79.0 cm³/mol. The molecule has 6 heteroatoms. The van der Waals surface area contributed by atoms with Crippen molar-refractivity contribution in [2.24, 2.45) is 0 Å². The molecule has 0 bridgehead atoms. The van der Waals surface area contributed by atoms with Crippen LogP contribution in [0.1, 0.15) is 33.6 Å². The Kier molecular flexibility index (Phi) is 5.77. The number of hydrogen-bond acceptors (Lipinski definition) is 5. The van der Waals surface area contributed by atoms with Crippen molar-refractivity contribution in [3.05, 3.63) is 0 Å². The van der Waals surface area contributed by atoms with E-state index < -0.39 is 14.6 Å². The van der Waals surface area contributed by atoms with Crippen molar-refractivity contribution < 1.29 is 23.4 Å². The molecule has 1 heterocycles. The second-order valence-corrected chi connectivity index (χ2v) is 11.5. The van der Waals surface area contributed by atoms with Gasteiger partial charge in [0.25, 0.3) is 0 Å². The van der Waals surface area contributed by atoms with Crippen molar-refractivity contribution >= 4 is 14.3 Å². The molecule has 0 aromatic rings. The first-order valence-electron chi connectivity index (χ1n) is 7.05. The highest BCUT2D eigenvalue weighted by molar-refractivity contribution is 6.74. The minimum atomic E-state index is -2.00. The molecule has 20 heavy (non-hydrogen) atoms. The molecule has 0 N–H and O–H groups in total. The number of esters is 1. The molecule has 5 nitrogen and oxygen atoms in total. The highest BCUT2D eigenvalue weighted by atomic mass is 28.4. The van der Waals surface area contributed by atoms with Gasteiger partial charge in [0.2, 0.25) is 0 Å². The van der Waals surface area contributed by atoms with E-state index in [0.29, 0.717) is 12.8 Å². The molecule has 2 atom stereocenters. The van der Waals surface area contributed by atoms with E-state index in [1.165, 1.54) is 0 Å². The van der Waals surface area contributed by atoms with Gasteiger partial charge in [0.15, 0.2) is 14.6 Å². The molecule has 1 saturated heterocycles. The van der Waals surface area contributed by atoms with Crippen LogP contribution in [-0.2, 0) is 23.4 Å². The number of carbonyl (C=O) groups excluding carboxylic acids is 1. The second kappa shape index (κ2) is 6.55. The summed E-state index contributed by atoms with van der Waals surface area (Å²) in [4.78, 5) is 11.4. The lowest BCUT2D eigenvalue weighted by Crippen LogP contribution is -2.52. The molecule has 0 aliphatic carbocycles. The summed E-state index contributed by atoms with van der Waals surface area (Å²) in [7, 11) is 1.15. The molecular formula is C14H28O5Si. The summed E-state index contributed by atoms with van der Waals surface area (Å²) in [6.07, 6.45) is -0.109. The minimum Gasteiger partial charge on any atom is -0.459 e. The first-order valence-corrected chi connectivity index (χ1v) is 9.96. The van der Waals surface area contributed by atoms with E-state index in [9.17, 15) is 4.79 Å². The van der Waals surface area contributed by atoms with Crippen LogP contribution in [-0.4, -0.2) is 47.0 Å². The lowest BCUT2D eigenvalue weighted by molar-refractivity contribution is -0.189. The Morgan fingerprint density at radius 1 is 1.25 bits per heavy atom.